The molecule has 0 saturated heterocycles. The summed E-state index contributed by atoms with van der Waals surface area (Å²) in [6.07, 6.45) is 6.28. The van der Waals surface area contributed by atoms with Crippen molar-refractivity contribution >= 4 is 0 Å². The molecule has 1 aliphatic rings. The molecule has 0 spiro atoms. The third-order valence-electron chi connectivity index (χ3n) is 4.26. The molecular formula is C16H24FN. The van der Waals surface area contributed by atoms with Gasteiger partial charge < -0.3 is 5.32 Å². The average Bonchev–Trinajstić information content (AvgIpc) is 2.90. The predicted molar refractivity (Wildman–Crippen MR) is 74.0 cm³/mol. The van der Waals surface area contributed by atoms with Crippen LogP contribution in [0.3, 0.4) is 0 Å². The Morgan fingerprint density at radius 2 is 1.94 bits per heavy atom. The van der Waals surface area contributed by atoms with Crippen LogP contribution in [-0.2, 0) is 0 Å². The first-order valence-corrected chi connectivity index (χ1v) is 7.22. The smallest absolute Gasteiger partial charge is 0.127 e. The zero-order valence-electron chi connectivity index (χ0n) is 11.5. The summed E-state index contributed by atoms with van der Waals surface area (Å²) in [5.41, 5.74) is 0.810. The molecule has 2 rings (SSSR count). The van der Waals surface area contributed by atoms with Gasteiger partial charge in [0.15, 0.2) is 0 Å². The monoisotopic (exact) mass is 249 g/mol. The van der Waals surface area contributed by atoms with Crippen molar-refractivity contribution in [2.24, 2.45) is 5.92 Å². The molecule has 1 nitrogen and oxygen atoms in total. The van der Waals surface area contributed by atoms with Gasteiger partial charge in [-0.05, 0) is 38.2 Å². The maximum absolute atomic E-state index is 13.8. The first kappa shape index (κ1) is 13.5. The van der Waals surface area contributed by atoms with Crippen molar-refractivity contribution < 1.29 is 4.39 Å². The predicted octanol–water partition coefficient (Wildman–Crippen LogP) is 4.45. The number of hydrogen-bond acceptors (Lipinski definition) is 1. The van der Waals surface area contributed by atoms with Gasteiger partial charge in [-0.15, -0.1) is 0 Å². The van der Waals surface area contributed by atoms with Crippen molar-refractivity contribution in [1.29, 1.82) is 0 Å². The molecule has 100 valence electrons. The Balaban J connectivity index is 2.02. The van der Waals surface area contributed by atoms with Gasteiger partial charge in [-0.2, -0.15) is 0 Å². The van der Waals surface area contributed by atoms with E-state index in [1.807, 2.05) is 12.1 Å². The summed E-state index contributed by atoms with van der Waals surface area (Å²) >= 11 is 0. The van der Waals surface area contributed by atoms with Crippen LogP contribution in [0.15, 0.2) is 24.3 Å². The molecule has 0 radical (unpaired) electrons. The van der Waals surface area contributed by atoms with Crippen LogP contribution >= 0.6 is 0 Å². The summed E-state index contributed by atoms with van der Waals surface area (Å²) in [6.45, 7) is 4.37. The fraction of sp³-hybridized carbons (Fsp3) is 0.625. The molecule has 1 fully saturated rings. The van der Waals surface area contributed by atoms with E-state index in [1.165, 1.54) is 25.7 Å². The summed E-state index contributed by atoms with van der Waals surface area (Å²) in [5.74, 6) is 0.682. The summed E-state index contributed by atoms with van der Waals surface area (Å²) in [5, 5.41) is 3.63. The maximum Gasteiger partial charge on any atom is 0.127 e. The largest absolute Gasteiger partial charge is 0.307 e. The van der Waals surface area contributed by atoms with E-state index < -0.39 is 0 Å². The van der Waals surface area contributed by atoms with E-state index in [2.05, 4.69) is 19.2 Å². The minimum Gasteiger partial charge on any atom is -0.307 e. The standard InChI is InChI=1S/C16H24FN/c1-3-16(14-10-6-7-11-15(14)17)18-12(2)13-8-4-5-9-13/h6-7,10-13,16,18H,3-5,8-9H2,1-2H3/t12-,16?/m0/s1. The number of nitrogens with one attached hydrogen (secondary N) is 1. The SMILES string of the molecule is CCC(N[C@@H](C)C1CCCC1)c1ccccc1F. The average molecular weight is 249 g/mol. The lowest BCUT2D eigenvalue weighted by Gasteiger charge is -2.27. The quantitative estimate of drug-likeness (QED) is 0.813. The number of halogens is 1. The Hall–Kier alpha value is -0.890. The minimum atomic E-state index is -0.0875. The second-order valence-electron chi connectivity index (χ2n) is 5.48. The zero-order chi connectivity index (χ0) is 13.0. The van der Waals surface area contributed by atoms with Crippen molar-refractivity contribution in [2.45, 2.75) is 58.0 Å². The molecule has 0 amide bonds. The van der Waals surface area contributed by atoms with Crippen LogP contribution in [0.25, 0.3) is 0 Å². The summed E-state index contributed by atoms with van der Waals surface area (Å²) < 4.78 is 13.8. The van der Waals surface area contributed by atoms with Gasteiger partial charge in [0, 0.05) is 17.6 Å². The van der Waals surface area contributed by atoms with Crippen molar-refractivity contribution in [2.75, 3.05) is 0 Å². The molecular weight excluding hydrogens is 225 g/mol. The van der Waals surface area contributed by atoms with Crippen LogP contribution in [0.4, 0.5) is 4.39 Å². The fourth-order valence-electron chi connectivity index (χ4n) is 3.10. The van der Waals surface area contributed by atoms with E-state index in [9.17, 15) is 4.39 Å². The van der Waals surface area contributed by atoms with E-state index in [0.717, 1.165) is 17.9 Å². The van der Waals surface area contributed by atoms with Crippen LogP contribution in [-0.4, -0.2) is 6.04 Å². The normalized spacial score (nSPS) is 19.9. The Labute approximate surface area is 110 Å². The number of hydrogen-bond donors (Lipinski definition) is 1. The van der Waals surface area contributed by atoms with Crippen molar-refractivity contribution in [3.8, 4) is 0 Å². The lowest BCUT2D eigenvalue weighted by atomic mass is 9.96. The van der Waals surface area contributed by atoms with Crippen molar-refractivity contribution in [3.63, 3.8) is 0 Å². The van der Waals surface area contributed by atoms with E-state index >= 15 is 0 Å². The maximum atomic E-state index is 13.8. The Kier molecular flexibility index (Phi) is 4.76. The van der Waals surface area contributed by atoms with Gasteiger partial charge in [0.05, 0.1) is 0 Å². The Morgan fingerprint density at radius 3 is 2.56 bits per heavy atom. The molecule has 1 aromatic rings. The van der Waals surface area contributed by atoms with E-state index in [-0.39, 0.29) is 11.9 Å². The third kappa shape index (κ3) is 3.11. The first-order valence-electron chi connectivity index (χ1n) is 7.22. The van der Waals surface area contributed by atoms with Gasteiger partial charge >= 0.3 is 0 Å². The van der Waals surface area contributed by atoms with Crippen LogP contribution in [0, 0.1) is 11.7 Å². The van der Waals surface area contributed by atoms with Gasteiger partial charge in [-0.25, -0.2) is 4.39 Å². The zero-order valence-corrected chi connectivity index (χ0v) is 11.5. The van der Waals surface area contributed by atoms with Crippen LogP contribution < -0.4 is 5.32 Å². The molecule has 18 heavy (non-hydrogen) atoms. The van der Waals surface area contributed by atoms with Crippen LogP contribution in [0.5, 0.6) is 0 Å². The molecule has 1 aliphatic carbocycles. The molecule has 1 saturated carbocycles. The van der Waals surface area contributed by atoms with Crippen LogP contribution in [0.2, 0.25) is 0 Å². The molecule has 1 unspecified atom stereocenters. The summed E-state index contributed by atoms with van der Waals surface area (Å²) in [7, 11) is 0. The molecule has 2 atom stereocenters. The second kappa shape index (κ2) is 6.33. The van der Waals surface area contributed by atoms with Gasteiger partial charge in [-0.3, -0.25) is 0 Å². The number of rotatable bonds is 5. The van der Waals surface area contributed by atoms with Gasteiger partial charge in [-0.1, -0.05) is 38.0 Å². The lowest BCUT2D eigenvalue weighted by molar-refractivity contribution is 0.334. The summed E-state index contributed by atoms with van der Waals surface area (Å²) in [6, 6.07) is 7.76. The molecule has 0 aliphatic heterocycles. The number of benzene rings is 1. The highest BCUT2D eigenvalue weighted by atomic mass is 19.1. The highest BCUT2D eigenvalue weighted by Crippen LogP contribution is 2.29. The van der Waals surface area contributed by atoms with Crippen LogP contribution in [0.1, 0.15) is 57.6 Å². The molecule has 2 heteroatoms. The third-order valence-corrected chi connectivity index (χ3v) is 4.26. The van der Waals surface area contributed by atoms with Gasteiger partial charge in [0.25, 0.3) is 0 Å². The topological polar surface area (TPSA) is 12.0 Å². The lowest BCUT2D eigenvalue weighted by Crippen LogP contribution is -2.35. The van der Waals surface area contributed by atoms with Gasteiger partial charge in [0.2, 0.25) is 0 Å². The second-order valence-corrected chi connectivity index (χ2v) is 5.48. The molecule has 0 heterocycles. The fourth-order valence-corrected chi connectivity index (χ4v) is 3.10. The Morgan fingerprint density at radius 1 is 1.28 bits per heavy atom. The first-order chi connectivity index (χ1) is 8.72. The summed E-state index contributed by atoms with van der Waals surface area (Å²) in [4.78, 5) is 0. The molecule has 1 N–H and O–H groups in total. The van der Waals surface area contributed by atoms with E-state index in [4.69, 9.17) is 0 Å². The molecule has 1 aromatic carbocycles. The van der Waals surface area contributed by atoms with E-state index in [1.54, 1.807) is 12.1 Å². The van der Waals surface area contributed by atoms with E-state index in [0.29, 0.717) is 6.04 Å². The van der Waals surface area contributed by atoms with Crippen molar-refractivity contribution in [3.05, 3.63) is 35.6 Å². The highest BCUT2D eigenvalue weighted by Gasteiger charge is 2.24. The molecule has 0 aromatic heterocycles. The minimum absolute atomic E-state index is 0.0875. The highest BCUT2D eigenvalue weighted by molar-refractivity contribution is 5.21. The van der Waals surface area contributed by atoms with Gasteiger partial charge in [0.1, 0.15) is 5.82 Å². The Bertz CT molecular complexity index is 371. The van der Waals surface area contributed by atoms with Crippen molar-refractivity contribution in [1.82, 2.24) is 5.32 Å². The molecule has 0 bridgehead atoms.